The Kier molecular flexibility index (Phi) is 6.32. The number of ether oxygens (including phenoxy) is 1. The first-order valence-electron chi connectivity index (χ1n) is 9.37. The molecule has 0 saturated heterocycles. The lowest BCUT2D eigenvalue weighted by atomic mass is 9.58. The predicted molar refractivity (Wildman–Crippen MR) is 94.7 cm³/mol. The SMILES string of the molecule is CCNC(=NCC1(CO)CC1)NC1CC(OCC)C1(CC)CC. The average Bonchev–Trinajstić information content (AvgIpc) is 3.33. The predicted octanol–water partition coefficient (Wildman–Crippen LogP) is 2.30. The number of guanidine groups is 1. The molecule has 2 aliphatic carbocycles. The van der Waals surface area contributed by atoms with Gasteiger partial charge in [-0.15, -0.1) is 0 Å². The highest BCUT2D eigenvalue weighted by Crippen LogP contribution is 2.49. The van der Waals surface area contributed by atoms with Crippen molar-refractivity contribution in [1.29, 1.82) is 0 Å². The van der Waals surface area contributed by atoms with Crippen LogP contribution in [0, 0.1) is 10.8 Å². The molecule has 0 bridgehead atoms. The fraction of sp³-hybridized carbons (Fsp3) is 0.944. The smallest absolute Gasteiger partial charge is 0.191 e. The van der Waals surface area contributed by atoms with Gasteiger partial charge in [0.1, 0.15) is 0 Å². The van der Waals surface area contributed by atoms with E-state index in [0.29, 0.717) is 18.7 Å². The van der Waals surface area contributed by atoms with Crippen LogP contribution in [0.5, 0.6) is 0 Å². The summed E-state index contributed by atoms with van der Waals surface area (Å²) in [5.74, 6) is 0.887. The third-order valence-corrected chi connectivity index (χ3v) is 5.99. The van der Waals surface area contributed by atoms with Gasteiger partial charge in [0.05, 0.1) is 19.3 Å². The summed E-state index contributed by atoms with van der Waals surface area (Å²) in [5.41, 5.74) is 0.267. The molecule has 0 aromatic heterocycles. The maximum Gasteiger partial charge on any atom is 0.191 e. The normalized spacial score (nSPS) is 28.1. The average molecular weight is 325 g/mol. The van der Waals surface area contributed by atoms with E-state index < -0.39 is 0 Å². The molecule has 0 radical (unpaired) electrons. The Balaban J connectivity index is 2.00. The van der Waals surface area contributed by atoms with E-state index in [-0.39, 0.29) is 17.4 Å². The van der Waals surface area contributed by atoms with Crippen molar-refractivity contribution in [2.24, 2.45) is 15.8 Å². The lowest BCUT2D eigenvalue weighted by Crippen LogP contribution is -2.65. The zero-order valence-corrected chi connectivity index (χ0v) is 15.3. The summed E-state index contributed by atoms with van der Waals surface area (Å²) in [5, 5.41) is 16.5. The van der Waals surface area contributed by atoms with Crippen LogP contribution in [-0.4, -0.2) is 49.5 Å². The number of aliphatic hydroxyl groups is 1. The van der Waals surface area contributed by atoms with E-state index in [1.807, 2.05) is 0 Å². The Hall–Kier alpha value is -0.810. The minimum absolute atomic E-state index is 0.0580. The van der Waals surface area contributed by atoms with Crippen molar-refractivity contribution in [3.8, 4) is 0 Å². The highest BCUT2D eigenvalue weighted by Gasteiger charge is 2.53. The number of hydrogen-bond donors (Lipinski definition) is 3. The van der Waals surface area contributed by atoms with Crippen LogP contribution in [0.25, 0.3) is 0 Å². The quantitative estimate of drug-likeness (QED) is 0.449. The third-order valence-electron chi connectivity index (χ3n) is 5.99. The van der Waals surface area contributed by atoms with Gasteiger partial charge in [0.15, 0.2) is 5.96 Å². The molecule has 3 N–H and O–H groups in total. The number of aliphatic hydroxyl groups excluding tert-OH is 1. The van der Waals surface area contributed by atoms with E-state index in [1.54, 1.807) is 0 Å². The van der Waals surface area contributed by atoms with Crippen LogP contribution in [-0.2, 0) is 4.74 Å². The maximum atomic E-state index is 9.46. The first-order chi connectivity index (χ1) is 11.1. The van der Waals surface area contributed by atoms with Gasteiger partial charge in [0.25, 0.3) is 0 Å². The zero-order valence-electron chi connectivity index (χ0n) is 15.3. The van der Waals surface area contributed by atoms with Gasteiger partial charge in [-0.05, 0) is 46.0 Å². The molecule has 5 nitrogen and oxygen atoms in total. The number of nitrogens with zero attached hydrogens (tertiary/aromatic N) is 1. The fourth-order valence-electron chi connectivity index (χ4n) is 3.86. The van der Waals surface area contributed by atoms with E-state index >= 15 is 0 Å². The molecule has 0 amide bonds. The van der Waals surface area contributed by atoms with Gasteiger partial charge in [-0.3, -0.25) is 4.99 Å². The summed E-state index contributed by atoms with van der Waals surface area (Å²) >= 11 is 0. The van der Waals surface area contributed by atoms with Crippen LogP contribution in [0.3, 0.4) is 0 Å². The van der Waals surface area contributed by atoms with Crippen molar-refractivity contribution < 1.29 is 9.84 Å². The van der Waals surface area contributed by atoms with Crippen molar-refractivity contribution in [3.63, 3.8) is 0 Å². The van der Waals surface area contributed by atoms with E-state index in [0.717, 1.165) is 51.2 Å². The van der Waals surface area contributed by atoms with Gasteiger partial charge in [-0.25, -0.2) is 0 Å². The lowest BCUT2D eigenvalue weighted by molar-refractivity contribution is -0.133. The topological polar surface area (TPSA) is 65.9 Å². The molecule has 0 aliphatic heterocycles. The molecule has 23 heavy (non-hydrogen) atoms. The largest absolute Gasteiger partial charge is 0.396 e. The summed E-state index contributed by atoms with van der Waals surface area (Å²) in [4.78, 5) is 4.74. The molecular weight excluding hydrogens is 290 g/mol. The van der Waals surface area contributed by atoms with Crippen molar-refractivity contribution >= 4 is 5.96 Å². The Morgan fingerprint density at radius 2 is 1.91 bits per heavy atom. The molecule has 2 saturated carbocycles. The molecule has 0 aromatic rings. The molecular formula is C18H35N3O2. The van der Waals surface area contributed by atoms with E-state index in [9.17, 15) is 5.11 Å². The first kappa shape index (κ1) is 18.5. The number of aliphatic imine (C=N–C) groups is 1. The molecule has 2 unspecified atom stereocenters. The molecule has 134 valence electrons. The molecule has 5 heteroatoms. The lowest BCUT2D eigenvalue weighted by Gasteiger charge is -2.55. The van der Waals surface area contributed by atoms with Gasteiger partial charge in [-0.2, -0.15) is 0 Å². The number of rotatable bonds is 9. The monoisotopic (exact) mass is 325 g/mol. The van der Waals surface area contributed by atoms with Gasteiger partial charge < -0.3 is 20.5 Å². The second kappa shape index (κ2) is 7.84. The van der Waals surface area contributed by atoms with Crippen molar-refractivity contribution in [3.05, 3.63) is 0 Å². The van der Waals surface area contributed by atoms with Crippen LogP contribution >= 0.6 is 0 Å². The maximum absolute atomic E-state index is 9.46. The summed E-state index contributed by atoms with van der Waals surface area (Å²) in [6.07, 6.45) is 5.82. The van der Waals surface area contributed by atoms with Crippen LogP contribution in [0.2, 0.25) is 0 Å². The van der Waals surface area contributed by atoms with Gasteiger partial charge in [0, 0.05) is 30.0 Å². The van der Waals surface area contributed by atoms with E-state index in [4.69, 9.17) is 9.73 Å². The van der Waals surface area contributed by atoms with E-state index in [1.165, 1.54) is 0 Å². The van der Waals surface area contributed by atoms with Crippen molar-refractivity contribution in [2.75, 3.05) is 26.3 Å². The van der Waals surface area contributed by atoms with Crippen LogP contribution in [0.15, 0.2) is 4.99 Å². The summed E-state index contributed by atoms with van der Waals surface area (Å²) in [7, 11) is 0. The molecule has 2 atom stereocenters. The number of nitrogens with one attached hydrogen (secondary N) is 2. The Labute approximate surface area is 141 Å². The van der Waals surface area contributed by atoms with Crippen molar-refractivity contribution in [2.45, 2.75) is 71.9 Å². The minimum Gasteiger partial charge on any atom is -0.396 e. The third kappa shape index (κ3) is 3.82. The molecule has 2 fully saturated rings. The summed E-state index contributed by atoms with van der Waals surface area (Å²) in [6, 6.07) is 0.413. The first-order valence-corrected chi connectivity index (χ1v) is 9.37. The second-order valence-corrected chi connectivity index (χ2v) is 7.17. The Morgan fingerprint density at radius 3 is 2.39 bits per heavy atom. The molecule has 2 rings (SSSR count). The van der Waals surface area contributed by atoms with Crippen LogP contribution in [0.1, 0.15) is 59.8 Å². The standard InChI is InChI=1S/C18H35N3O2/c1-5-18(6-2)14(11-15(18)23-8-4)21-16(19-7-3)20-12-17(13-22)9-10-17/h14-15,22H,5-13H2,1-4H3,(H2,19,20,21). The molecule has 0 aromatic carbocycles. The number of hydrogen-bond acceptors (Lipinski definition) is 3. The van der Waals surface area contributed by atoms with Gasteiger partial charge in [-0.1, -0.05) is 13.8 Å². The fourth-order valence-corrected chi connectivity index (χ4v) is 3.86. The summed E-state index contributed by atoms with van der Waals surface area (Å²) < 4.78 is 5.96. The highest BCUT2D eigenvalue weighted by atomic mass is 16.5. The van der Waals surface area contributed by atoms with Crippen LogP contribution < -0.4 is 10.6 Å². The second-order valence-electron chi connectivity index (χ2n) is 7.17. The Bertz CT molecular complexity index is 403. The van der Waals surface area contributed by atoms with Crippen molar-refractivity contribution in [1.82, 2.24) is 10.6 Å². The summed E-state index contributed by atoms with van der Waals surface area (Å²) in [6.45, 7) is 11.3. The Morgan fingerprint density at radius 1 is 1.22 bits per heavy atom. The molecule has 0 spiro atoms. The van der Waals surface area contributed by atoms with Gasteiger partial charge >= 0.3 is 0 Å². The zero-order chi connectivity index (χ0) is 16.9. The highest BCUT2D eigenvalue weighted by molar-refractivity contribution is 5.80. The molecule has 0 heterocycles. The van der Waals surface area contributed by atoms with E-state index in [2.05, 4.69) is 38.3 Å². The minimum atomic E-state index is 0.0580. The molecule has 2 aliphatic rings. The van der Waals surface area contributed by atoms with Crippen LogP contribution in [0.4, 0.5) is 0 Å². The van der Waals surface area contributed by atoms with Gasteiger partial charge in [0.2, 0.25) is 0 Å².